The van der Waals surface area contributed by atoms with Gasteiger partial charge in [0.2, 0.25) is 0 Å². The topological polar surface area (TPSA) is 49.7 Å². The Morgan fingerprint density at radius 3 is 2.53 bits per heavy atom. The maximum Gasteiger partial charge on any atom is 0.283 e. The van der Waals surface area contributed by atoms with Crippen molar-refractivity contribution in [2.75, 3.05) is 13.6 Å². The van der Waals surface area contributed by atoms with E-state index in [1.807, 2.05) is 11.9 Å². The van der Waals surface area contributed by atoms with Crippen LogP contribution in [0.1, 0.15) is 19.3 Å². The summed E-state index contributed by atoms with van der Waals surface area (Å²) in [6.45, 7) is 0.878. The lowest BCUT2D eigenvalue weighted by Gasteiger charge is -2.25. The minimum Gasteiger partial charge on any atom is -0.362 e. The smallest absolute Gasteiger partial charge is 0.283 e. The van der Waals surface area contributed by atoms with Crippen molar-refractivity contribution in [2.45, 2.75) is 24.2 Å². The van der Waals surface area contributed by atoms with E-state index in [9.17, 15) is 8.42 Å². The summed E-state index contributed by atoms with van der Waals surface area (Å²) >= 11 is 0. The summed E-state index contributed by atoms with van der Waals surface area (Å²) in [6, 6.07) is 8.35. The number of hydrogen-bond acceptors (Lipinski definition) is 2. The van der Waals surface area contributed by atoms with Crippen LogP contribution in [-0.4, -0.2) is 32.7 Å². The van der Waals surface area contributed by atoms with Crippen molar-refractivity contribution in [2.24, 2.45) is 4.40 Å². The average molecular weight is 252 g/mol. The molecule has 0 bridgehead atoms. The number of amidine groups is 1. The Morgan fingerprint density at radius 1 is 1.18 bits per heavy atom. The molecule has 1 fully saturated rings. The van der Waals surface area contributed by atoms with Crippen molar-refractivity contribution in [1.82, 2.24) is 4.90 Å². The van der Waals surface area contributed by atoms with Crippen molar-refractivity contribution in [3.63, 3.8) is 0 Å². The third-order valence-electron chi connectivity index (χ3n) is 2.85. The molecule has 0 N–H and O–H groups in total. The molecular weight excluding hydrogens is 236 g/mol. The van der Waals surface area contributed by atoms with E-state index in [1.165, 1.54) is 0 Å². The SMILES string of the molecule is CN1CCCC/C1=N\S(=O)(=O)c1ccccc1. The largest absolute Gasteiger partial charge is 0.362 e. The zero-order valence-electron chi connectivity index (χ0n) is 9.83. The van der Waals surface area contributed by atoms with Crippen molar-refractivity contribution in [3.05, 3.63) is 30.3 Å². The normalized spacial score (nSPS) is 19.6. The highest BCUT2D eigenvalue weighted by Crippen LogP contribution is 2.16. The number of rotatable bonds is 2. The van der Waals surface area contributed by atoms with E-state index in [0.29, 0.717) is 5.84 Å². The van der Waals surface area contributed by atoms with E-state index in [1.54, 1.807) is 30.3 Å². The molecular formula is C12H16N2O2S. The molecule has 0 radical (unpaired) electrons. The molecule has 4 nitrogen and oxygen atoms in total. The van der Waals surface area contributed by atoms with E-state index in [2.05, 4.69) is 4.40 Å². The van der Waals surface area contributed by atoms with Gasteiger partial charge in [-0.2, -0.15) is 8.42 Å². The molecule has 1 aromatic rings. The minimum atomic E-state index is -3.55. The van der Waals surface area contributed by atoms with Gasteiger partial charge in [0.15, 0.2) is 0 Å². The number of likely N-dealkylation sites (tertiary alicyclic amines) is 1. The highest BCUT2D eigenvalue weighted by molar-refractivity contribution is 7.90. The van der Waals surface area contributed by atoms with Crippen molar-refractivity contribution in [1.29, 1.82) is 0 Å². The van der Waals surface area contributed by atoms with Crippen LogP contribution >= 0.6 is 0 Å². The van der Waals surface area contributed by atoms with Gasteiger partial charge in [-0.05, 0) is 25.0 Å². The zero-order valence-corrected chi connectivity index (χ0v) is 10.7. The summed E-state index contributed by atoms with van der Waals surface area (Å²) in [5.74, 6) is 0.667. The van der Waals surface area contributed by atoms with Crippen LogP contribution in [0, 0.1) is 0 Å². The summed E-state index contributed by atoms with van der Waals surface area (Å²) in [4.78, 5) is 2.18. The van der Waals surface area contributed by atoms with Gasteiger partial charge in [-0.1, -0.05) is 18.2 Å². The molecule has 1 aliphatic heterocycles. The van der Waals surface area contributed by atoms with Crippen LogP contribution in [0.25, 0.3) is 0 Å². The van der Waals surface area contributed by atoms with Crippen LogP contribution in [0.5, 0.6) is 0 Å². The first-order valence-corrected chi connectivity index (χ1v) is 7.13. The maximum atomic E-state index is 12.0. The Kier molecular flexibility index (Phi) is 3.47. The van der Waals surface area contributed by atoms with E-state index in [0.717, 1.165) is 25.8 Å². The van der Waals surface area contributed by atoms with E-state index >= 15 is 0 Å². The Labute approximate surface area is 102 Å². The van der Waals surface area contributed by atoms with Gasteiger partial charge in [-0.3, -0.25) is 0 Å². The summed E-state index contributed by atoms with van der Waals surface area (Å²) in [5, 5.41) is 0. The van der Waals surface area contributed by atoms with Crippen LogP contribution in [-0.2, 0) is 10.0 Å². The van der Waals surface area contributed by atoms with Crippen molar-refractivity contribution in [3.8, 4) is 0 Å². The molecule has 1 heterocycles. The fourth-order valence-corrected chi connectivity index (χ4v) is 2.97. The van der Waals surface area contributed by atoms with E-state index in [-0.39, 0.29) is 4.90 Å². The molecule has 5 heteroatoms. The Morgan fingerprint density at radius 2 is 1.88 bits per heavy atom. The second kappa shape index (κ2) is 4.87. The standard InChI is InChI=1S/C12H16N2O2S/c1-14-10-6-5-9-12(14)13-17(15,16)11-7-3-2-4-8-11/h2-4,7-8H,5-6,9-10H2,1H3/b13-12+. The molecule has 1 saturated heterocycles. The Balaban J connectivity index is 2.31. The number of hydrogen-bond donors (Lipinski definition) is 0. The molecule has 1 aromatic carbocycles. The average Bonchev–Trinajstić information content (AvgIpc) is 2.33. The van der Waals surface area contributed by atoms with Gasteiger partial charge >= 0.3 is 0 Å². The molecule has 1 aliphatic rings. The van der Waals surface area contributed by atoms with Gasteiger partial charge in [-0.15, -0.1) is 4.40 Å². The minimum absolute atomic E-state index is 0.256. The highest BCUT2D eigenvalue weighted by atomic mass is 32.2. The third-order valence-corrected chi connectivity index (χ3v) is 4.17. The van der Waals surface area contributed by atoms with Crippen LogP contribution in [0.4, 0.5) is 0 Å². The molecule has 0 spiro atoms. The van der Waals surface area contributed by atoms with Gasteiger partial charge in [-0.25, -0.2) is 0 Å². The van der Waals surface area contributed by atoms with Gasteiger partial charge in [0.1, 0.15) is 5.84 Å². The van der Waals surface area contributed by atoms with E-state index < -0.39 is 10.0 Å². The highest BCUT2D eigenvalue weighted by Gasteiger charge is 2.18. The van der Waals surface area contributed by atoms with E-state index in [4.69, 9.17) is 0 Å². The molecule has 0 unspecified atom stereocenters. The second-order valence-electron chi connectivity index (χ2n) is 4.17. The zero-order chi connectivity index (χ0) is 12.3. The second-order valence-corrected chi connectivity index (χ2v) is 5.78. The molecule has 0 saturated carbocycles. The predicted octanol–water partition coefficient (Wildman–Crippen LogP) is 1.89. The molecule has 0 aromatic heterocycles. The summed E-state index contributed by atoms with van der Waals surface area (Å²) < 4.78 is 28.0. The number of piperidine rings is 1. The fourth-order valence-electron chi connectivity index (χ4n) is 1.85. The molecule has 17 heavy (non-hydrogen) atoms. The van der Waals surface area contributed by atoms with Crippen LogP contribution in [0.3, 0.4) is 0 Å². The van der Waals surface area contributed by atoms with Gasteiger partial charge in [0, 0.05) is 20.0 Å². The number of benzene rings is 1. The lowest BCUT2D eigenvalue weighted by molar-refractivity contribution is 0.434. The monoisotopic (exact) mass is 252 g/mol. The molecule has 0 aliphatic carbocycles. The quantitative estimate of drug-likeness (QED) is 0.807. The van der Waals surface area contributed by atoms with Gasteiger partial charge < -0.3 is 4.90 Å². The Hall–Kier alpha value is -1.36. The number of sulfonamides is 1. The lowest BCUT2D eigenvalue weighted by Crippen LogP contribution is -2.32. The van der Waals surface area contributed by atoms with Crippen molar-refractivity contribution < 1.29 is 8.42 Å². The fraction of sp³-hybridized carbons (Fsp3) is 0.417. The maximum absolute atomic E-state index is 12.0. The van der Waals surface area contributed by atoms with Gasteiger partial charge in [0.05, 0.1) is 4.90 Å². The summed E-state index contributed by atoms with van der Waals surface area (Å²) in [7, 11) is -1.66. The first kappa shape index (κ1) is 12.1. The summed E-state index contributed by atoms with van der Waals surface area (Å²) in [6.07, 6.45) is 2.84. The van der Waals surface area contributed by atoms with Crippen molar-refractivity contribution >= 4 is 15.9 Å². The molecule has 92 valence electrons. The Bertz CT molecular complexity index is 509. The third kappa shape index (κ3) is 2.85. The lowest BCUT2D eigenvalue weighted by atomic mass is 10.1. The van der Waals surface area contributed by atoms with Gasteiger partial charge in [0.25, 0.3) is 10.0 Å². The van der Waals surface area contributed by atoms with Crippen LogP contribution in [0.15, 0.2) is 39.6 Å². The molecule has 0 amide bonds. The first-order valence-electron chi connectivity index (χ1n) is 5.69. The van der Waals surface area contributed by atoms with Crippen LogP contribution in [0.2, 0.25) is 0 Å². The molecule has 2 rings (SSSR count). The summed E-state index contributed by atoms with van der Waals surface area (Å²) in [5.41, 5.74) is 0. The predicted molar refractivity (Wildman–Crippen MR) is 67.5 cm³/mol. The first-order chi connectivity index (χ1) is 8.09. The molecule has 0 atom stereocenters. The number of nitrogens with zero attached hydrogens (tertiary/aromatic N) is 2. The van der Waals surface area contributed by atoms with Crippen LogP contribution < -0.4 is 0 Å².